The van der Waals surface area contributed by atoms with Gasteiger partial charge in [-0.05, 0) is 32.1 Å². The number of carbonyl (C=O) groups is 2. The Bertz CT molecular complexity index is 290. The lowest BCUT2D eigenvalue weighted by atomic mass is 10.0. The molecule has 0 N–H and O–H groups in total. The van der Waals surface area contributed by atoms with Crippen LogP contribution < -0.4 is 0 Å². The highest BCUT2D eigenvalue weighted by atomic mass is 16.5. The molecule has 5 heteroatoms. The van der Waals surface area contributed by atoms with E-state index in [1.807, 2.05) is 20.8 Å². The first-order valence-corrected chi connectivity index (χ1v) is 7.85. The molecule has 0 radical (unpaired) electrons. The summed E-state index contributed by atoms with van der Waals surface area (Å²) in [6.07, 6.45) is 3.60. The highest BCUT2D eigenvalue weighted by Gasteiger charge is 2.16. The Morgan fingerprint density at radius 3 is 2.29 bits per heavy atom. The van der Waals surface area contributed by atoms with E-state index >= 15 is 0 Å². The van der Waals surface area contributed by atoms with Crippen molar-refractivity contribution < 1.29 is 23.8 Å². The standard InChI is InChI=1S/C16H30O5/c1-5-6-11-20-15(17)8-7-9-16(18)21-14(3)13(2)10-12-19-4/h13-14H,5-12H2,1-4H3. The molecule has 0 spiro atoms. The number of methoxy groups -OCH3 is 1. The summed E-state index contributed by atoms with van der Waals surface area (Å²) in [6, 6.07) is 0. The van der Waals surface area contributed by atoms with Crippen molar-refractivity contribution in [1.29, 1.82) is 0 Å². The highest BCUT2D eigenvalue weighted by Crippen LogP contribution is 2.13. The topological polar surface area (TPSA) is 61.8 Å². The first kappa shape index (κ1) is 19.9. The number of ether oxygens (including phenoxy) is 3. The van der Waals surface area contributed by atoms with Crippen molar-refractivity contribution in [2.45, 2.75) is 65.4 Å². The van der Waals surface area contributed by atoms with E-state index in [0.29, 0.717) is 19.6 Å². The van der Waals surface area contributed by atoms with Crippen LogP contribution in [0.2, 0.25) is 0 Å². The molecule has 0 amide bonds. The number of carbonyl (C=O) groups excluding carboxylic acids is 2. The molecule has 0 aliphatic rings. The number of rotatable bonds is 12. The third kappa shape index (κ3) is 11.3. The Morgan fingerprint density at radius 1 is 1.00 bits per heavy atom. The number of hydrogen-bond acceptors (Lipinski definition) is 5. The minimum Gasteiger partial charge on any atom is -0.466 e. The monoisotopic (exact) mass is 302 g/mol. The van der Waals surface area contributed by atoms with Crippen molar-refractivity contribution in [1.82, 2.24) is 0 Å². The van der Waals surface area contributed by atoms with E-state index < -0.39 is 0 Å². The SMILES string of the molecule is CCCCOC(=O)CCCC(=O)OC(C)C(C)CCOC. The Morgan fingerprint density at radius 2 is 1.67 bits per heavy atom. The number of unbranched alkanes of at least 4 members (excludes halogenated alkanes) is 1. The Labute approximate surface area is 128 Å². The van der Waals surface area contributed by atoms with Crippen molar-refractivity contribution in [2.75, 3.05) is 20.3 Å². The molecule has 2 unspecified atom stereocenters. The highest BCUT2D eigenvalue weighted by molar-refractivity contribution is 5.72. The summed E-state index contributed by atoms with van der Waals surface area (Å²) in [5.41, 5.74) is 0. The fourth-order valence-corrected chi connectivity index (χ4v) is 1.70. The van der Waals surface area contributed by atoms with Crippen LogP contribution in [0.4, 0.5) is 0 Å². The largest absolute Gasteiger partial charge is 0.466 e. The van der Waals surface area contributed by atoms with Crippen LogP contribution in [0.25, 0.3) is 0 Å². The maximum absolute atomic E-state index is 11.7. The Balaban J connectivity index is 3.72. The van der Waals surface area contributed by atoms with E-state index in [9.17, 15) is 9.59 Å². The van der Waals surface area contributed by atoms with Crippen LogP contribution in [0, 0.1) is 5.92 Å². The second kappa shape index (κ2) is 12.6. The van der Waals surface area contributed by atoms with Crippen LogP contribution in [-0.4, -0.2) is 38.4 Å². The third-order valence-electron chi connectivity index (χ3n) is 3.42. The first-order valence-electron chi connectivity index (χ1n) is 7.85. The molecular formula is C16H30O5. The lowest BCUT2D eigenvalue weighted by molar-refractivity contribution is -0.151. The lowest BCUT2D eigenvalue weighted by Crippen LogP contribution is -2.23. The van der Waals surface area contributed by atoms with E-state index in [0.717, 1.165) is 19.3 Å². The van der Waals surface area contributed by atoms with E-state index in [1.54, 1.807) is 7.11 Å². The first-order chi connectivity index (χ1) is 10.0. The molecule has 0 aromatic rings. The van der Waals surface area contributed by atoms with Gasteiger partial charge >= 0.3 is 11.9 Å². The molecule has 0 heterocycles. The second-order valence-electron chi connectivity index (χ2n) is 5.38. The molecule has 0 fully saturated rings. The molecule has 124 valence electrons. The van der Waals surface area contributed by atoms with Gasteiger partial charge in [-0.25, -0.2) is 0 Å². The van der Waals surface area contributed by atoms with E-state index in [4.69, 9.17) is 14.2 Å². The zero-order valence-electron chi connectivity index (χ0n) is 13.9. The van der Waals surface area contributed by atoms with Crippen molar-refractivity contribution in [3.05, 3.63) is 0 Å². The quantitative estimate of drug-likeness (QED) is 0.409. The van der Waals surface area contributed by atoms with Gasteiger partial charge in [-0.1, -0.05) is 20.3 Å². The van der Waals surface area contributed by atoms with Crippen molar-refractivity contribution in [3.63, 3.8) is 0 Å². The van der Waals surface area contributed by atoms with Crippen LogP contribution in [0.15, 0.2) is 0 Å². The van der Waals surface area contributed by atoms with Gasteiger partial charge in [-0.2, -0.15) is 0 Å². The predicted octanol–water partition coefficient (Wildman–Crippen LogP) is 3.10. The van der Waals surface area contributed by atoms with Crippen molar-refractivity contribution in [2.24, 2.45) is 5.92 Å². The van der Waals surface area contributed by atoms with Gasteiger partial charge in [0.2, 0.25) is 0 Å². The predicted molar refractivity (Wildman–Crippen MR) is 80.9 cm³/mol. The summed E-state index contributed by atoms with van der Waals surface area (Å²) < 4.78 is 15.4. The van der Waals surface area contributed by atoms with Crippen molar-refractivity contribution >= 4 is 11.9 Å². The fourth-order valence-electron chi connectivity index (χ4n) is 1.70. The molecule has 0 rings (SSSR count). The molecular weight excluding hydrogens is 272 g/mol. The van der Waals surface area contributed by atoms with Gasteiger partial charge in [-0.3, -0.25) is 9.59 Å². The fraction of sp³-hybridized carbons (Fsp3) is 0.875. The van der Waals surface area contributed by atoms with Gasteiger partial charge in [0.15, 0.2) is 0 Å². The number of esters is 2. The summed E-state index contributed by atoms with van der Waals surface area (Å²) in [5, 5.41) is 0. The average molecular weight is 302 g/mol. The smallest absolute Gasteiger partial charge is 0.306 e. The molecule has 0 aromatic heterocycles. The maximum Gasteiger partial charge on any atom is 0.306 e. The number of hydrogen-bond donors (Lipinski definition) is 0. The van der Waals surface area contributed by atoms with E-state index in [1.165, 1.54) is 0 Å². The summed E-state index contributed by atoms with van der Waals surface area (Å²) in [7, 11) is 1.66. The summed E-state index contributed by atoms with van der Waals surface area (Å²) in [4.78, 5) is 23.0. The minimum atomic E-state index is -0.256. The maximum atomic E-state index is 11.7. The second-order valence-corrected chi connectivity index (χ2v) is 5.38. The van der Waals surface area contributed by atoms with Gasteiger partial charge in [-0.15, -0.1) is 0 Å². The molecule has 5 nitrogen and oxygen atoms in total. The zero-order valence-corrected chi connectivity index (χ0v) is 13.9. The molecule has 0 aromatic carbocycles. The molecule has 0 bridgehead atoms. The summed E-state index contributed by atoms with van der Waals surface area (Å²) >= 11 is 0. The molecule has 2 atom stereocenters. The molecule has 0 aliphatic carbocycles. The summed E-state index contributed by atoms with van der Waals surface area (Å²) in [6.45, 7) is 7.08. The van der Waals surface area contributed by atoms with Gasteiger partial charge in [0.05, 0.1) is 6.61 Å². The van der Waals surface area contributed by atoms with Gasteiger partial charge in [0, 0.05) is 26.6 Å². The Hall–Kier alpha value is -1.10. The van der Waals surface area contributed by atoms with Gasteiger partial charge in [0.1, 0.15) is 6.10 Å². The van der Waals surface area contributed by atoms with Crippen LogP contribution in [0.5, 0.6) is 0 Å². The normalized spacial score (nSPS) is 13.5. The van der Waals surface area contributed by atoms with Crippen LogP contribution in [-0.2, 0) is 23.8 Å². The molecule has 21 heavy (non-hydrogen) atoms. The Kier molecular flexibility index (Phi) is 12.0. The van der Waals surface area contributed by atoms with Crippen molar-refractivity contribution in [3.8, 4) is 0 Å². The molecule has 0 aliphatic heterocycles. The van der Waals surface area contributed by atoms with Gasteiger partial charge < -0.3 is 14.2 Å². The average Bonchev–Trinajstić information content (AvgIpc) is 2.44. The van der Waals surface area contributed by atoms with Crippen LogP contribution in [0.1, 0.15) is 59.3 Å². The van der Waals surface area contributed by atoms with Gasteiger partial charge in [0.25, 0.3) is 0 Å². The molecule has 0 saturated carbocycles. The van der Waals surface area contributed by atoms with E-state index in [2.05, 4.69) is 0 Å². The van der Waals surface area contributed by atoms with Crippen LogP contribution in [0.3, 0.4) is 0 Å². The minimum absolute atomic E-state index is 0.135. The molecule has 0 saturated heterocycles. The van der Waals surface area contributed by atoms with E-state index in [-0.39, 0.29) is 36.8 Å². The third-order valence-corrected chi connectivity index (χ3v) is 3.42. The summed E-state index contributed by atoms with van der Waals surface area (Å²) in [5.74, 6) is -0.237. The van der Waals surface area contributed by atoms with Crippen LogP contribution >= 0.6 is 0 Å². The zero-order chi connectivity index (χ0) is 16.1. The lowest BCUT2D eigenvalue weighted by Gasteiger charge is -2.20.